The lowest BCUT2D eigenvalue weighted by Crippen LogP contribution is -2.49. The summed E-state index contributed by atoms with van der Waals surface area (Å²) in [5.41, 5.74) is 2.39. The predicted octanol–water partition coefficient (Wildman–Crippen LogP) is 3.50. The van der Waals surface area contributed by atoms with Gasteiger partial charge in [-0.3, -0.25) is 0 Å². The van der Waals surface area contributed by atoms with Gasteiger partial charge in [0.05, 0.1) is 25.4 Å². The molecule has 4 atom stereocenters. The lowest BCUT2D eigenvalue weighted by atomic mass is 9.95. The molecule has 2 N–H and O–H groups in total. The van der Waals surface area contributed by atoms with Gasteiger partial charge in [-0.25, -0.2) is 0 Å². The summed E-state index contributed by atoms with van der Waals surface area (Å²) < 4.78 is 11.8. The molecule has 1 saturated heterocycles. The van der Waals surface area contributed by atoms with Crippen LogP contribution in [0.1, 0.15) is 30.9 Å². The van der Waals surface area contributed by atoms with E-state index < -0.39 is 6.29 Å². The van der Waals surface area contributed by atoms with Crippen LogP contribution in [0.5, 0.6) is 0 Å². The molecule has 3 rings (SSSR count). The van der Waals surface area contributed by atoms with Crippen LogP contribution in [0.4, 0.5) is 0 Å². The summed E-state index contributed by atoms with van der Waals surface area (Å²) in [4.78, 5) is 0. The Kier molecular flexibility index (Phi) is 7.21. The topological polar surface area (TPSA) is 50.7 Å². The third kappa shape index (κ3) is 5.64. The molecule has 2 aromatic carbocycles. The van der Waals surface area contributed by atoms with Crippen molar-refractivity contribution in [2.24, 2.45) is 5.92 Å². The Balaban J connectivity index is 1.57. The minimum Gasteiger partial charge on any atom is -0.375 e. The van der Waals surface area contributed by atoms with Crippen LogP contribution in [-0.2, 0) is 22.6 Å². The average molecular weight is 355 g/mol. The molecule has 0 amide bonds. The molecule has 0 saturated carbocycles. The van der Waals surface area contributed by atoms with Crippen molar-refractivity contribution in [3.05, 3.63) is 71.8 Å². The van der Waals surface area contributed by atoms with Crippen molar-refractivity contribution in [1.82, 2.24) is 5.32 Å². The number of ether oxygens (including phenoxy) is 2. The van der Waals surface area contributed by atoms with E-state index >= 15 is 0 Å². The Morgan fingerprint density at radius 3 is 2.35 bits per heavy atom. The summed E-state index contributed by atoms with van der Waals surface area (Å²) in [7, 11) is 0. The van der Waals surface area contributed by atoms with Gasteiger partial charge in [0.15, 0.2) is 6.29 Å². The standard InChI is InChI=1S/C22H29NO3/c1-17-12-13-21(26-22(17)24)20(23-14-18-8-4-2-5-9-18)16-25-15-19-10-6-3-7-11-19/h2-11,17,20-24H,12-16H2,1H3. The lowest BCUT2D eigenvalue weighted by molar-refractivity contribution is -0.200. The van der Waals surface area contributed by atoms with E-state index in [4.69, 9.17) is 9.47 Å². The number of benzene rings is 2. The number of rotatable bonds is 8. The second-order valence-corrected chi connectivity index (χ2v) is 7.09. The van der Waals surface area contributed by atoms with Crippen molar-refractivity contribution >= 4 is 0 Å². The zero-order valence-electron chi connectivity index (χ0n) is 15.4. The van der Waals surface area contributed by atoms with Gasteiger partial charge >= 0.3 is 0 Å². The van der Waals surface area contributed by atoms with Gasteiger partial charge in [0.1, 0.15) is 0 Å². The molecule has 0 aliphatic carbocycles. The first-order chi connectivity index (χ1) is 12.7. The molecule has 4 unspecified atom stereocenters. The quantitative estimate of drug-likeness (QED) is 0.761. The van der Waals surface area contributed by atoms with Crippen molar-refractivity contribution in [2.45, 2.75) is 51.4 Å². The summed E-state index contributed by atoms with van der Waals surface area (Å²) in [6, 6.07) is 20.5. The highest BCUT2D eigenvalue weighted by Gasteiger charge is 2.32. The first kappa shape index (κ1) is 19.1. The Bertz CT molecular complexity index is 634. The largest absolute Gasteiger partial charge is 0.375 e. The monoisotopic (exact) mass is 355 g/mol. The minimum atomic E-state index is -0.691. The molecular formula is C22H29NO3. The van der Waals surface area contributed by atoms with E-state index in [1.54, 1.807) is 0 Å². The van der Waals surface area contributed by atoms with Gasteiger partial charge in [-0.15, -0.1) is 0 Å². The van der Waals surface area contributed by atoms with Crippen LogP contribution in [0.15, 0.2) is 60.7 Å². The van der Waals surface area contributed by atoms with Gasteiger partial charge < -0.3 is 19.9 Å². The zero-order valence-corrected chi connectivity index (χ0v) is 15.4. The van der Waals surface area contributed by atoms with Crippen molar-refractivity contribution in [3.63, 3.8) is 0 Å². The smallest absolute Gasteiger partial charge is 0.157 e. The van der Waals surface area contributed by atoms with Gasteiger partial charge in [-0.05, 0) is 24.0 Å². The van der Waals surface area contributed by atoms with E-state index in [0.717, 1.165) is 24.9 Å². The van der Waals surface area contributed by atoms with Crippen LogP contribution in [-0.4, -0.2) is 30.1 Å². The average Bonchev–Trinajstić information content (AvgIpc) is 2.68. The maximum Gasteiger partial charge on any atom is 0.157 e. The number of hydrogen-bond donors (Lipinski definition) is 2. The summed E-state index contributed by atoms with van der Waals surface area (Å²) in [5, 5.41) is 13.7. The van der Waals surface area contributed by atoms with E-state index in [-0.39, 0.29) is 18.1 Å². The van der Waals surface area contributed by atoms with Crippen LogP contribution in [0, 0.1) is 5.92 Å². The molecule has 4 nitrogen and oxygen atoms in total. The minimum absolute atomic E-state index is 0.0410. The van der Waals surface area contributed by atoms with E-state index in [1.165, 1.54) is 5.56 Å². The van der Waals surface area contributed by atoms with Gasteiger partial charge in [-0.1, -0.05) is 67.6 Å². The van der Waals surface area contributed by atoms with E-state index in [2.05, 4.69) is 29.6 Å². The second kappa shape index (κ2) is 9.83. The molecule has 0 aromatic heterocycles. The molecule has 1 aliphatic heterocycles. The number of hydrogen-bond acceptors (Lipinski definition) is 4. The van der Waals surface area contributed by atoms with E-state index in [1.807, 2.05) is 43.3 Å². The highest BCUT2D eigenvalue weighted by Crippen LogP contribution is 2.25. The summed E-state index contributed by atoms with van der Waals surface area (Å²) in [5.74, 6) is 0.186. The third-order valence-corrected chi connectivity index (χ3v) is 4.98. The fourth-order valence-electron chi connectivity index (χ4n) is 3.27. The highest BCUT2D eigenvalue weighted by molar-refractivity contribution is 5.15. The Hall–Kier alpha value is -1.72. The van der Waals surface area contributed by atoms with Crippen LogP contribution < -0.4 is 5.32 Å². The summed E-state index contributed by atoms with van der Waals surface area (Å²) in [6.45, 7) is 3.91. The molecule has 2 aromatic rings. The maximum absolute atomic E-state index is 10.1. The fraction of sp³-hybridized carbons (Fsp3) is 0.455. The van der Waals surface area contributed by atoms with Crippen LogP contribution in [0.3, 0.4) is 0 Å². The normalized spacial score (nSPS) is 24.3. The number of aliphatic hydroxyl groups excluding tert-OH is 1. The molecule has 1 heterocycles. The van der Waals surface area contributed by atoms with Crippen molar-refractivity contribution in [3.8, 4) is 0 Å². The van der Waals surface area contributed by atoms with E-state index in [0.29, 0.717) is 13.2 Å². The molecule has 26 heavy (non-hydrogen) atoms. The van der Waals surface area contributed by atoms with E-state index in [9.17, 15) is 5.11 Å². The predicted molar refractivity (Wildman–Crippen MR) is 102 cm³/mol. The molecule has 0 bridgehead atoms. The van der Waals surface area contributed by atoms with Crippen LogP contribution in [0.2, 0.25) is 0 Å². The van der Waals surface area contributed by atoms with Gasteiger partial charge in [0, 0.05) is 12.5 Å². The SMILES string of the molecule is CC1CCC(C(COCc2ccccc2)NCc2ccccc2)OC1O. The van der Waals surface area contributed by atoms with Crippen LogP contribution >= 0.6 is 0 Å². The molecule has 0 spiro atoms. The Labute approximate surface area is 156 Å². The fourth-order valence-corrected chi connectivity index (χ4v) is 3.27. The molecular weight excluding hydrogens is 326 g/mol. The van der Waals surface area contributed by atoms with Crippen molar-refractivity contribution in [1.29, 1.82) is 0 Å². The van der Waals surface area contributed by atoms with Gasteiger partial charge in [-0.2, -0.15) is 0 Å². The summed E-state index contributed by atoms with van der Waals surface area (Å²) in [6.07, 6.45) is 1.16. The lowest BCUT2D eigenvalue weighted by Gasteiger charge is -2.36. The third-order valence-electron chi connectivity index (χ3n) is 4.98. The molecule has 4 heteroatoms. The molecule has 1 fully saturated rings. The Morgan fingerprint density at radius 1 is 1.04 bits per heavy atom. The van der Waals surface area contributed by atoms with Crippen LogP contribution in [0.25, 0.3) is 0 Å². The number of aliphatic hydroxyl groups is 1. The van der Waals surface area contributed by atoms with Gasteiger partial charge in [0.2, 0.25) is 0 Å². The highest BCUT2D eigenvalue weighted by atomic mass is 16.6. The summed E-state index contributed by atoms with van der Waals surface area (Å²) >= 11 is 0. The van der Waals surface area contributed by atoms with Gasteiger partial charge in [0.25, 0.3) is 0 Å². The first-order valence-electron chi connectivity index (χ1n) is 9.45. The zero-order chi connectivity index (χ0) is 18.2. The molecule has 140 valence electrons. The van der Waals surface area contributed by atoms with Crippen molar-refractivity contribution in [2.75, 3.05) is 6.61 Å². The first-order valence-corrected chi connectivity index (χ1v) is 9.45. The number of nitrogens with one attached hydrogen (secondary N) is 1. The molecule has 0 radical (unpaired) electrons. The second-order valence-electron chi connectivity index (χ2n) is 7.09. The molecule has 1 aliphatic rings. The van der Waals surface area contributed by atoms with Crippen molar-refractivity contribution < 1.29 is 14.6 Å². The Morgan fingerprint density at radius 2 is 1.69 bits per heavy atom. The maximum atomic E-state index is 10.1.